The van der Waals surface area contributed by atoms with Crippen molar-refractivity contribution in [1.82, 2.24) is 13.7 Å². The van der Waals surface area contributed by atoms with Gasteiger partial charge in [0.1, 0.15) is 0 Å². The van der Waals surface area contributed by atoms with Crippen LogP contribution >= 0.6 is 24.0 Å². The molecule has 0 aromatic heterocycles. The molecule has 0 aliphatic carbocycles. The van der Waals surface area contributed by atoms with Crippen LogP contribution in [0.15, 0.2) is 0 Å². The fraction of sp³-hybridized carbons (Fsp3) is 0.700. The fourth-order valence-corrected chi connectivity index (χ4v) is 10.1. The van der Waals surface area contributed by atoms with Crippen LogP contribution in [0.4, 0.5) is 0 Å². The second kappa shape index (κ2) is 3.70. The SMILES string of the molecule is CN1C(=S)N2CCCN3C4=[N+](CCCS4)[Se]1=C23. The predicted molar refractivity (Wildman–Crippen MR) is 76.4 cm³/mol. The maximum atomic E-state index is 5.59. The molecule has 0 saturated carbocycles. The van der Waals surface area contributed by atoms with Gasteiger partial charge in [0.2, 0.25) is 0 Å². The number of hydrogen-bond acceptors (Lipinski definition) is 3. The van der Waals surface area contributed by atoms with Crippen molar-refractivity contribution in [3.8, 4) is 0 Å². The van der Waals surface area contributed by atoms with Gasteiger partial charge < -0.3 is 0 Å². The summed E-state index contributed by atoms with van der Waals surface area (Å²) >= 11 is 6.61. The van der Waals surface area contributed by atoms with E-state index in [1.165, 1.54) is 36.9 Å². The van der Waals surface area contributed by atoms with Crippen molar-refractivity contribution in [3.63, 3.8) is 0 Å². The molecule has 4 nitrogen and oxygen atoms in total. The Hall–Kier alpha value is -0.101. The molecule has 0 aromatic rings. The van der Waals surface area contributed by atoms with Gasteiger partial charge in [0.15, 0.2) is 0 Å². The van der Waals surface area contributed by atoms with Crippen LogP contribution in [-0.4, -0.2) is 78.6 Å². The van der Waals surface area contributed by atoms with Crippen LogP contribution < -0.4 is 0 Å². The Morgan fingerprint density at radius 1 is 1.29 bits per heavy atom. The Kier molecular flexibility index (Phi) is 2.35. The molecule has 4 aliphatic heterocycles. The summed E-state index contributed by atoms with van der Waals surface area (Å²) in [6.45, 7) is 3.55. The molecule has 0 bridgehead atoms. The molecule has 7 heteroatoms. The molecule has 17 heavy (non-hydrogen) atoms. The molecule has 1 saturated heterocycles. The van der Waals surface area contributed by atoms with Crippen LogP contribution in [0.2, 0.25) is 0 Å². The van der Waals surface area contributed by atoms with E-state index in [0.717, 1.165) is 11.7 Å². The molecule has 0 N–H and O–H groups in total. The van der Waals surface area contributed by atoms with E-state index in [9.17, 15) is 0 Å². The molecule has 1 fully saturated rings. The van der Waals surface area contributed by atoms with E-state index in [-0.39, 0.29) is 0 Å². The predicted octanol–water partition coefficient (Wildman–Crippen LogP) is -0.0993. The fourth-order valence-electron chi connectivity index (χ4n) is 2.80. The van der Waals surface area contributed by atoms with Gasteiger partial charge in [0, 0.05) is 0 Å². The molecule has 92 valence electrons. The van der Waals surface area contributed by atoms with Gasteiger partial charge in [-0.25, -0.2) is 0 Å². The van der Waals surface area contributed by atoms with Crippen molar-refractivity contribution < 1.29 is 3.59 Å². The van der Waals surface area contributed by atoms with Gasteiger partial charge in [-0.15, -0.1) is 0 Å². The molecule has 1 unspecified atom stereocenters. The average Bonchev–Trinajstić information content (AvgIpc) is 2.83. The van der Waals surface area contributed by atoms with Crippen LogP contribution in [0, 0.1) is 0 Å². The Bertz CT molecular complexity index is 487. The monoisotopic (exact) mass is 335 g/mol. The van der Waals surface area contributed by atoms with Gasteiger partial charge in [-0.1, -0.05) is 0 Å². The molecule has 0 radical (unpaired) electrons. The van der Waals surface area contributed by atoms with Gasteiger partial charge in [-0.05, 0) is 0 Å². The first-order valence-corrected chi connectivity index (χ1v) is 9.79. The van der Waals surface area contributed by atoms with E-state index in [2.05, 4.69) is 24.4 Å². The van der Waals surface area contributed by atoms with Gasteiger partial charge >= 0.3 is 115 Å². The van der Waals surface area contributed by atoms with Crippen LogP contribution in [0.1, 0.15) is 12.8 Å². The van der Waals surface area contributed by atoms with Crippen molar-refractivity contribution >= 4 is 52.8 Å². The minimum atomic E-state index is -1.02. The second-order valence-electron chi connectivity index (χ2n) is 4.57. The van der Waals surface area contributed by atoms with Crippen molar-refractivity contribution in [2.24, 2.45) is 0 Å². The number of fused-ring (bicyclic) bond motifs is 2. The van der Waals surface area contributed by atoms with E-state index >= 15 is 0 Å². The number of thiocarbonyl (C=S) groups is 1. The van der Waals surface area contributed by atoms with Crippen molar-refractivity contribution in [2.45, 2.75) is 12.8 Å². The van der Waals surface area contributed by atoms with E-state index < -0.39 is 13.9 Å². The zero-order chi connectivity index (χ0) is 11.6. The maximum absolute atomic E-state index is 5.59. The summed E-state index contributed by atoms with van der Waals surface area (Å²) in [6, 6.07) is 0. The molecule has 4 rings (SSSR count). The Balaban J connectivity index is 1.88. The third-order valence-electron chi connectivity index (χ3n) is 3.54. The first-order valence-electron chi connectivity index (χ1n) is 6.00. The molecule has 0 aromatic carbocycles. The van der Waals surface area contributed by atoms with E-state index in [0.29, 0.717) is 0 Å². The van der Waals surface area contributed by atoms with Crippen molar-refractivity contribution in [3.05, 3.63) is 0 Å². The third-order valence-corrected chi connectivity index (χ3v) is 10.4. The first kappa shape index (κ1) is 10.8. The van der Waals surface area contributed by atoms with Crippen molar-refractivity contribution in [2.75, 3.05) is 32.4 Å². The molecule has 4 aliphatic rings. The molecule has 0 spiro atoms. The average molecular weight is 334 g/mol. The third kappa shape index (κ3) is 1.28. The zero-order valence-electron chi connectivity index (χ0n) is 9.76. The number of rotatable bonds is 0. The van der Waals surface area contributed by atoms with E-state index in [4.69, 9.17) is 12.2 Å². The van der Waals surface area contributed by atoms with Crippen LogP contribution in [0.3, 0.4) is 0 Å². The molecule has 1 atom stereocenters. The number of thioether (sulfide) groups is 1. The van der Waals surface area contributed by atoms with Gasteiger partial charge in [-0.3, -0.25) is 0 Å². The van der Waals surface area contributed by atoms with Gasteiger partial charge in [-0.2, -0.15) is 0 Å². The Morgan fingerprint density at radius 2 is 2.12 bits per heavy atom. The zero-order valence-corrected chi connectivity index (χ0v) is 13.1. The Morgan fingerprint density at radius 3 is 3.00 bits per heavy atom. The van der Waals surface area contributed by atoms with Crippen LogP contribution in [0.5, 0.6) is 0 Å². The molecular formula is C10H15N4S2Se+. The molecule has 0 amide bonds. The number of amidine groups is 1. The van der Waals surface area contributed by atoms with Crippen LogP contribution in [-0.2, 0) is 0 Å². The summed E-state index contributed by atoms with van der Waals surface area (Å²) in [5, 5.41) is 2.58. The van der Waals surface area contributed by atoms with Crippen LogP contribution in [0.25, 0.3) is 0 Å². The Labute approximate surface area is 115 Å². The van der Waals surface area contributed by atoms with E-state index in [1.807, 2.05) is 11.8 Å². The first-order chi connectivity index (χ1) is 8.29. The summed E-state index contributed by atoms with van der Waals surface area (Å²) in [4.78, 5) is 4.96. The number of nitrogens with zero attached hydrogens (tertiary/aromatic N) is 4. The second-order valence-corrected chi connectivity index (χ2v) is 9.95. The standard InChI is InChI=1S/C10H15N4S2Se/c1-11-8(15)12-4-2-5-13-9-14(6-3-7-16-9)17(11)10(12)13/h2-7H2,1H3/q+1. The topological polar surface area (TPSA) is 12.7 Å². The summed E-state index contributed by atoms with van der Waals surface area (Å²) in [7, 11) is 2.19. The van der Waals surface area contributed by atoms with Gasteiger partial charge in [0.25, 0.3) is 0 Å². The quantitative estimate of drug-likeness (QED) is 0.452. The van der Waals surface area contributed by atoms with Gasteiger partial charge in [0.05, 0.1) is 0 Å². The summed E-state index contributed by atoms with van der Waals surface area (Å²) in [6.07, 6.45) is 2.55. The molecular weight excluding hydrogens is 319 g/mol. The molecule has 4 heterocycles. The summed E-state index contributed by atoms with van der Waals surface area (Å²) in [5.74, 6) is 1.28. The van der Waals surface area contributed by atoms with E-state index in [1.54, 1.807) is 4.67 Å². The minimum absolute atomic E-state index is 1.02. The normalized spacial score (nSPS) is 31.4. The number of hydrogen-bond donors (Lipinski definition) is 0. The summed E-state index contributed by atoms with van der Waals surface area (Å²) < 4.78 is 6.61. The van der Waals surface area contributed by atoms with Crippen molar-refractivity contribution in [1.29, 1.82) is 0 Å². The summed E-state index contributed by atoms with van der Waals surface area (Å²) in [5.41, 5.74) is 0.